The van der Waals surface area contributed by atoms with Gasteiger partial charge in [-0.1, -0.05) is 23.5 Å². The summed E-state index contributed by atoms with van der Waals surface area (Å²) in [7, 11) is 0. The van der Waals surface area contributed by atoms with Crippen LogP contribution in [0.2, 0.25) is 0 Å². The maximum Gasteiger partial charge on any atom is 0.352 e. The summed E-state index contributed by atoms with van der Waals surface area (Å²) in [5.74, 6) is -1.33. The summed E-state index contributed by atoms with van der Waals surface area (Å²) >= 11 is 1.32. The van der Waals surface area contributed by atoms with Crippen LogP contribution < -0.4 is 5.01 Å². The summed E-state index contributed by atoms with van der Waals surface area (Å²) in [6.45, 7) is 0. The highest BCUT2D eigenvalue weighted by Crippen LogP contribution is 2.30. The Bertz CT molecular complexity index is 674. The first-order chi connectivity index (χ1) is 9.15. The smallest absolute Gasteiger partial charge is 0.352 e. The Morgan fingerprint density at radius 1 is 1.32 bits per heavy atom. The minimum absolute atomic E-state index is 0.0149. The Hall–Kier alpha value is -2.28. The van der Waals surface area contributed by atoms with Gasteiger partial charge < -0.3 is 5.11 Å². The lowest BCUT2D eigenvalue weighted by Crippen LogP contribution is -2.34. The number of anilines is 1. The Balaban J connectivity index is 2.06. The quantitative estimate of drug-likeness (QED) is 0.906. The van der Waals surface area contributed by atoms with Crippen LogP contribution in [0.15, 0.2) is 29.4 Å². The van der Waals surface area contributed by atoms with Gasteiger partial charge in [-0.3, -0.25) is 4.79 Å². The molecule has 1 aromatic heterocycles. The van der Waals surface area contributed by atoms with Crippen LogP contribution in [0.1, 0.15) is 12.8 Å². The molecule has 1 aliphatic heterocycles. The van der Waals surface area contributed by atoms with E-state index in [2.05, 4.69) is 10.1 Å². The van der Waals surface area contributed by atoms with Crippen molar-refractivity contribution in [1.82, 2.24) is 4.98 Å². The van der Waals surface area contributed by atoms with E-state index in [4.69, 9.17) is 5.11 Å². The lowest BCUT2D eigenvalue weighted by molar-refractivity contribution is -0.129. The van der Waals surface area contributed by atoms with E-state index in [1.807, 2.05) is 24.3 Å². The van der Waals surface area contributed by atoms with Crippen molar-refractivity contribution in [2.75, 3.05) is 5.01 Å². The summed E-state index contributed by atoms with van der Waals surface area (Å²) in [5, 5.41) is 14.3. The number of carbonyl (C=O) groups excluding carboxylic acids is 1. The van der Waals surface area contributed by atoms with Crippen molar-refractivity contribution in [2.24, 2.45) is 5.10 Å². The largest absolute Gasteiger partial charge is 0.477 e. The molecule has 1 N–H and O–H groups in total. The van der Waals surface area contributed by atoms with Crippen molar-refractivity contribution < 1.29 is 14.7 Å². The van der Waals surface area contributed by atoms with E-state index in [0.29, 0.717) is 5.13 Å². The molecular weight excluding hydrogens is 266 g/mol. The van der Waals surface area contributed by atoms with Crippen LogP contribution in [-0.4, -0.2) is 27.7 Å². The number of carbonyl (C=O) groups is 2. The fourth-order valence-corrected chi connectivity index (χ4v) is 2.74. The monoisotopic (exact) mass is 275 g/mol. The van der Waals surface area contributed by atoms with Gasteiger partial charge in [-0.2, -0.15) is 10.1 Å². The van der Waals surface area contributed by atoms with E-state index in [0.717, 1.165) is 15.2 Å². The van der Waals surface area contributed by atoms with E-state index >= 15 is 0 Å². The van der Waals surface area contributed by atoms with Gasteiger partial charge in [-0.15, -0.1) is 0 Å². The predicted octanol–water partition coefficient (Wildman–Crippen LogP) is 1.86. The number of aliphatic carboxylic acids is 1. The van der Waals surface area contributed by atoms with Crippen molar-refractivity contribution in [2.45, 2.75) is 12.8 Å². The van der Waals surface area contributed by atoms with Gasteiger partial charge in [0.1, 0.15) is 5.71 Å². The van der Waals surface area contributed by atoms with Crippen molar-refractivity contribution in [3.05, 3.63) is 24.3 Å². The average molecular weight is 275 g/mol. The zero-order valence-corrected chi connectivity index (χ0v) is 10.6. The van der Waals surface area contributed by atoms with Crippen LogP contribution in [0.4, 0.5) is 5.13 Å². The molecule has 0 bridgehead atoms. The predicted molar refractivity (Wildman–Crippen MR) is 71.4 cm³/mol. The van der Waals surface area contributed by atoms with Crippen LogP contribution >= 0.6 is 11.3 Å². The molecule has 0 aliphatic carbocycles. The summed E-state index contributed by atoms with van der Waals surface area (Å²) in [6.07, 6.45) is 0.302. The number of hydrogen-bond acceptors (Lipinski definition) is 5. The molecule has 0 saturated carbocycles. The molecule has 1 aliphatic rings. The maximum atomic E-state index is 11.8. The molecule has 0 spiro atoms. The summed E-state index contributed by atoms with van der Waals surface area (Å²) in [4.78, 5) is 27.1. The standard InChI is InChI=1S/C12H9N3O3S/c16-10-6-5-8(11(17)18)14-15(10)12-13-7-3-1-2-4-9(7)19-12/h1-4H,5-6H2,(H,17,18). The van der Waals surface area contributed by atoms with E-state index in [1.54, 1.807) is 0 Å². The number of rotatable bonds is 2. The van der Waals surface area contributed by atoms with E-state index < -0.39 is 5.97 Å². The number of hydrazone groups is 1. The first-order valence-electron chi connectivity index (χ1n) is 5.64. The Morgan fingerprint density at radius 2 is 2.11 bits per heavy atom. The molecule has 1 amide bonds. The number of amides is 1. The normalized spacial score (nSPS) is 15.7. The van der Waals surface area contributed by atoms with Crippen LogP contribution in [0.25, 0.3) is 10.2 Å². The van der Waals surface area contributed by atoms with Gasteiger partial charge in [0.2, 0.25) is 11.0 Å². The molecule has 0 unspecified atom stereocenters. The first-order valence-corrected chi connectivity index (χ1v) is 6.46. The second-order valence-electron chi connectivity index (χ2n) is 4.02. The Kier molecular flexibility index (Phi) is 2.75. The highest BCUT2D eigenvalue weighted by Gasteiger charge is 2.27. The van der Waals surface area contributed by atoms with Gasteiger partial charge in [-0.05, 0) is 12.1 Å². The fourth-order valence-electron chi connectivity index (χ4n) is 1.81. The van der Waals surface area contributed by atoms with Gasteiger partial charge in [0.25, 0.3) is 0 Å². The van der Waals surface area contributed by atoms with Gasteiger partial charge in [0.05, 0.1) is 10.2 Å². The van der Waals surface area contributed by atoms with Crippen LogP contribution in [-0.2, 0) is 9.59 Å². The molecule has 0 saturated heterocycles. The third-order valence-electron chi connectivity index (χ3n) is 2.74. The highest BCUT2D eigenvalue weighted by molar-refractivity contribution is 7.22. The molecule has 7 heteroatoms. The molecule has 2 heterocycles. The minimum Gasteiger partial charge on any atom is -0.477 e. The number of thiazole rings is 1. The molecule has 3 rings (SSSR count). The summed E-state index contributed by atoms with van der Waals surface area (Å²) in [5.41, 5.74) is 0.756. The maximum absolute atomic E-state index is 11.8. The van der Waals surface area contributed by atoms with Gasteiger partial charge in [0.15, 0.2) is 0 Å². The fraction of sp³-hybridized carbons (Fsp3) is 0.167. The minimum atomic E-state index is -1.10. The van der Waals surface area contributed by atoms with Gasteiger partial charge in [-0.25, -0.2) is 9.78 Å². The number of benzene rings is 1. The lowest BCUT2D eigenvalue weighted by Gasteiger charge is -2.19. The SMILES string of the molecule is O=C(O)C1=NN(c2nc3ccccc3s2)C(=O)CC1. The molecule has 1 aromatic carbocycles. The number of aromatic nitrogens is 1. The lowest BCUT2D eigenvalue weighted by atomic mass is 10.2. The zero-order chi connectivity index (χ0) is 13.4. The number of fused-ring (bicyclic) bond motifs is 1. The Labute approximate surface area is 112 Å². The van der Waals surface area contributed by atoms with Crippen LogP contribution in [0.5, 0.6) is 0 Å². The molecule has 96 valence electrons. The number of nitrogens with zero attached hydrogens (tertiary/aromatic N) is 3. The van der Waals surface area contributed by atoms with Crippen molar-refractivity contribution in [3.8, 4) is 0 Å². The van der Waals surface area contributed by atoms with Crippen LogP contribution in [0, 0.1) is 0 Å². The number of hydrogen-bond donors (Lipinski definition) is 1. The first kappa shape index (κ1) is 11.8. The number of carboxylic acids is 1. The molecule has 19 heavy (non-hydrogen) atoms. The third-order valence-corrected chi connectivity index (χ3v) is 3.76. The molecule has 2 aromatic rings. The molecule has 0 atom stereocenters. The van der Waals surface area contributed by atoms with Crippen molar-refractivity contribution in [3.63, 3.8) is 0 Å². The molecule has 6 nitrogen and oxygen atoms in total. The van der Waals surface area contributed by atoms with Crippen LogP contribution in [0.3, 0.4) is 0 Å². The average Bonchev–Trinajstić information content (AvgIpc) is 2.82. The van der Waals surface area contributed by atoms with Gasteiger partial charge >= 0.3 is 5.97 Å². The van der Waals surface area contributed by atoms with Crippen molar-refractivity contribution in [1.29, 1.82) is 0 Å². The number of para-hydroxylation sites is 1. The second-order valence-corrected chi connectivity index (χ2v) is 5.03. The summed E-state index contributed by atoms with van der Waals surface area (Å²) < 4.78 is 0.933. The van der Waals surface area contributed by atoms with E-state index in [-0.39, 0.29) is 24.5 Å². The highest BCUT2D eigenvalue weighted by atomic mass is 32.1. The summed E-state index contributed by atoms with van der Waals surface area (Å²) in [6, 6.07) is 7.47. The zero-order valence-electron chi connectivity index (χ0n) is 9.74. The molecular formula is C12H9N3O3S. The topological polar surface area (TPSA) is 82.9 Å². The van der Waals surface area contributed by atoms with E-state index in [9.17, 15) is 9.59 Å². The second kappa shape index (κ2) is 4.43. The van der Waals surface area contributed by atoms with Crippen molar-refractivity contribution >= 4 is 44.3 Å². The van der Waals surface area contributed by atoms with Gasteiger partial charge in [0, 0.05) is 12.8 Å². The number of carboxylic acid groups (broad SMARTS) is 1. The Morgan fingerprint density at radius 3 is 2.84 bits per heavy atom. The van der Waals surface area contributed by atoms with E-state index in [1.165, 1.54) is 11.3 Å². The third kappa shape index (κ3) is 2.08. The molecule has 0 radical (unpaired) electrons. The molecule has 0 fully saturated rings.